The van der Waals surface area contributed by atoms with Gasteiger partial charge in [0.05, 0.1) is 6.61 Å². The molecular weight excluding hydrogens is 448 g/mol. The fourth-order valence-corrected chi connectivity index (χ4v) is 4.30. The van der Waals surface area contributed by atoms with Crippen LogP contribution in [0.2, 0.25) is 0 Å². The van der Waals surface area contributed by atoms with Gasteiger partial charge >= 0.3 is 12.1 Å². The molecule has 2 amide bonds. The minimum atomic E-state index is -1.35. The fraction of sp³-hybridized carbons (Fsp3) is 0.222. The first kappa shape index (κ1) is 24.0. The largest absolute Gasteiger partial charge is 0.480 e. The molecule has 180 valence electrons. The molecule has 3 aromatic rings. The summed E-state index contributed by atoms with van der Waals surface area (Å²) in [7, 11) is 0. The molecule has 0 unspecified atom stereocenters. The molecule has 8 heteroatoms. The van der Waals surface area contributed by atoms with Crippen molar-refractivity contribution in [2.24, 2.45) is 0 Å². The molecule has 0 aliphatic heterocycles. The van der Waals surface area contributed by atoms with Crippen LogP contribution in [0.5, 0.6) is 0 Å². The second kappa shape index (κ2) is 10.8. The number of para-hydroxylation sites is 1. The topological polar surface area (TPSA) is 125 Å². The molecule has 0 radical (unpaired) electrons. The highest BCUT2D eigenvalue weighted by molar-refractivity contribution is 5.87. The number of carboxylic acids is 1. The van der Waals surface area contributed by atoms with Crippen LogP contribution in [0.1, 0.15) is 29.0 Å². The lowest BCUT2D eigenvalue weighted by atomic mass is 9.98. The SMILES string of the molecule is O=C(CCc1ccccc1NC(=O)OCC1c2ccccc2-c2ccccc21)N[C@H](CO)C(=O)O. The summed E-state index contributed by atoms with van der Waals surface area (Å²) in [5.74, 6) is -1.87. The van der Waals surface area contributed by atoms with Gasteiger partial charge in [-0.25, -0.2) is 9.59 Å². The number of carbonyl (C=O) groups is 3. The number of rotatable bonds is 9. The Kier molecular flexibility index (Phi) is 7.42. The van der Waals surface area contributed by atoms with Crippen LogP contribution in [0.25, 0.3) is 11.1 Å². The minimum absolute atomic E-state index is 0.00678. The van der Waals surface area contributed by atoms with E-state index in [1.54, 1.807) is 24.3 Å². The number of carbonyl (C=O) groups excluding carboxylic acids is 2. The normalized spacial score (nSPS) is 12.8. The van der Waals surface area contributed by atoms with Crippen molar-refractivity contribution in [2.75, 3.05) is 18.5 Å². The third-order valence-corrected chi connectivity index (χ3v) is 6.04. The van der Waals surface area contributed by atoms with E-state index < -0.39 is 30.6 Å². The number of aliphatic hydroxyl groups excluding tert-OH is 1. The maximum atomic E-state index is 12.6. The van der Waals surface area contributed by atoms with Crippen LogP contribution in [-0.4, -0.2) is 47.4 Å². The van der Waals surface area contributed by atoms with E-state index in [4.69, 9.17) is 14.9 Å². The predicted molar refractivity (Wildman–Crippen MR) is 130 cm³/mol. The van der Waals surface area contributed by atoms with E-state index in [0.717, 1.165) is 22.3 Å². The first-order chi connectivity index (χ1) is 17.0. The number of fused-ring (bicyclic) bond motifs is 3. The van der Waals surface area contributed by atoms with E-state index in [2.05, 4.69) is 22.8 Å². The van der Waals surface area contributed by atoms with Crippen molar-refractivity contribution in [1.29, 1.82) is 0 Å². The minimum Gasteiger partial charge on any atom is -0.480 e. The van der Waals surface area contributed by atoms with Crippen LogP contribution >= 0.6 is 0 Å². The molecule has 8 nitrogen and oxygen atoms in total. The number of anilines is 1. The van der Waals surface area contributed by atoms with E-state index in [1.807, 2.05) is 36.4 Å². The smallest absolute Gasteiger partial charge is 0.411 e. The van der Waals surface area contributed by atoms with Gasteiger partial charge in [-0.15, -0.1) is 0 Å². The molecule has 1 aliphatic carbocycles. The van der Waals surface area contributed by atoms with Crippen molar-refractivity contribution in [3.63, 3.8) is 0 Å². The summed E-state index contributed by atoms with van der Waals surface area (Å²) in [6.07, 6.45) is -0.341. The molecule has 0 aromatic heterocycles. The number of nitrogens with one attached hydrogen (secondary N) is 2. The summed E-state index contributed by atoms with van der Waals surface area (Å²) < 4.78 is 5.60. The van der Waals surface area contributed by atoms with Crippen LogP contribution in [-0.2, 0) is 20.7 Å². The van der Waals surface area contributed by atoms with Crippen molar-refractivity contribution in [3.8, 4) is 11.1 Å². The molecule has 0 spiro atoms. The zero-order valence-corrected chi connectivity index (χ0v) is 18.9. The van der Waals surface area contributed by atoms with Gasteiger partial charge in [0.2, 0.25) is 5.91 Å². The molecule has 0 saturated heterocycles. The number of aliphatic hydroxyl groups is 1. The summed E-state index contributed by atoms with van der Waals surface area (Å²) in [6.45, 7) is -0.511. The Balaban J connectivity index is 1.37. The highest BCUT2D eigenvalue weighted by atomic mass is 16.5. The third-order valence-electron chi connectivity index (χ3n) is 6.04. The monoisotopic (exact) mass is 474 g/mol. The Morgan fingerprint density at radius 1 is 0.886 bits per heavy atom. The van der Waals surface area contributed by atoms with Gasteiger partial charge in [0, 0.05) is 18.0 Å². The molecule has 4 rings (SSSR count). The van der Waals surface area contributed by atoms with Gasteiger partial charge in [-0.05, 0) is 40.3 Å². The molecule has 1 aliphatic rings. The molecule has 0 heterocycles. The highest BCUT2D eigenvalue weighted by Gasteiger charge is 2.29. The Morgan fingerprint density at radius 3 is 2.11 bits per heavy atom. The lowest BCUT2D eigenvalue weighted by Crippen LogP contribution is -2.43. The highest BCUT2D eigenvalue weighted by Crippen LogP contribution is 2.44. The van der Waals surface area contributed by atoms with E-state index in [1.165, 1.54) is 0 Å². The lowest BCUT2D eigenvalue weighted by molar-refractivity contribution is -0.142. The molecule has 0 bridgehead atoms. The van der Waals surface area contributed by atoms with Crippen molar-refractivity contribution in [3.05, 3.63) is 89.5 Å². The quantitative estimate of drug-likeness (QED) is 0.376. The lowest BCUT2D eigenvalue weighted by Gasteiger charge is -2.16. The Bertz CT molecular complexity index is 1200. The third kappa shape index (κ3) is 5.50. The van der Waals surface area contributed by atoms with Gasteiger partial charge in [0.25, 0.3) is 0 Å². The number of hydrogen-bond donors (Lipinski definition) is 4. The molecule has 35 heavy (non-hydrogen) atoms. The fourth-order valence-electron chi connectivity index (χ4n) is 4.30. The summed E-state index contributed by atoms with van der Waals surface area (Å²) in [6, 6.07) is 21.8. The zero-order valence-electron chi connectivity index (χ0n) is 18.9. The van der Waals surface area contributed by atoms with Gasteiger partial charge in [-0.1, -0.05) is 66.7 Å². The second-order valence-corrected chi connectivity index (χ2v) is 8.25. The summed E-state index contributed by atoms with van der Waals surface area (Å²) in [5.41, 5.74) is 5.74. The number of benzene rings is 3. The number of aryl methyl sites for hydroxylation is 1. The van der Waals surface area contributed by atoms with Gasteiger partial charge < -0.3 is 20.3 Å². The van der Waals surface area contributed by atoms with Gasteiger partial charge in [0.15, 0.2) is 0 Å². The first-order valence-corrected chi connectivity index (χ1v) is 11.3. The van der Waals surface area contributed by atoms with Gasteiger partial charge in [-0.3, -0.25) is 10.1 Å². The van der Waals surface area contributed by atoms with Crippen LogP contribution in [0, 0.1) is 0 Å². The van der Waals surface area contributed by atoms with Gasteiger partial charge in [0.1, 0.15) is 12.6 Å². The molecule has 0 fully saturated rings. The zero-order chi connectivity index (χ0) is 24.8. The van der Waals surface area contributed by atoms with Crippen LogP contribution in [0.4, 0.5) is 10.5 Å². The van der Waals surface area contributed by atoms with Crippen molar-refractivity contribution in [2.45, 2.75) is 24.8 Å². The molecule has 4 N–H and O–H groups in total. The summed E-state index contributed by atoms with van der Waals surface area (Å²) in [4.78, 5) is 35.7. The maximum absolute atomic E-state index is 12.6. The number of amides is 2. The second-order valence-electron chi connectivity index (χ2n) is 8.25. The summed E-state index contributed by atoms with van der Waals surface area (Å²) >= 11 is 0. The van der Waals surface area contributed by atoms with Crippen LogP contribution in [0.15, 0.2) is 72.8 Å². The molecule has 3 aromatic carbocycles. The summed E-state index contributed by atoms with van der Waals surface area (Å²) in [5, 5.41) is 23.0. The number of hydrogen-bond acceptors (Lipinski definition) is 5. The Hall–Kier alpha value is -4.17. The molecular formula is C27H26N2O6. The molecule has 1 atom stereocenters. The Morgan fingerprint density at radius 2 is 1.49 bits per heavy atom. The van der Waals surface area contributed by atoms with Crippen molar-refractivity contribution < 1.29 is 29.3 Å². The number of ether oxygens (including phenoxy) is 1. The van der Waals surface area contributed by atoms with E-state index in [9.17, 15) is 14.4 Å². The van der Waals surface area contributed by atoms with E-state index in [-0.39, 0.29) is 25.4 Å². The number of carboxylic acid groups (broad SMARTS) is 1. The van der Waals surface area contributed by atoms with Crippen molar-refractivity contribution in [1.82, 2.24) is 5.32 Å². The molecule has 0 saturated carbocycles. The standard InChI is InChI=1S/C27H26N2O6/c30-15-24(26(32)33)28-25(31)14-13-17-7-1-6-12-23(17)29-27(34)35-16-22-20-10-4-2-8-18(20)19-9-3-5-11-21(19)22/h1-12,22,24,30H,13-16H2,(H,28,31)(H,29,34)(H,32,33)/t24-/m1/s1. The average molecular weight is 475 g/mol. The van der Waals surface area contributed by atoms with Crippen LogP contribution < -0.4 is 10.6 Å². The van der Waals surface area contributed by atoms with Gasteiger partial charge in [-0.2, -0.15) is 0 Å². The van der Waals surface area contributed by atoms with E-state index in [0.29, 0.717) is 11.3 Å². The van der Waals surface area contributed by atoms with E-state index >= 15 is 0 Å². The Labute approximate surface area is 202 Å². The average Bonchev–Trinajstić information content (AvgIpc) is 3.19. The number of aliphatic carboxylic acids is 1. The first-order valence-electron chi connectivity index (χ1n) is 11.3. The maximum Gasteiger partial charge on any atom is 0.411 e. The predicted octanol–water partition coefficient (Wildman–Crippen LogP) is 3.54. The van der Waals surface area contributed by atoms with Crippen LogP contribution in [0.3, 0.4) is 0 Å². The van der Waals surface area contributed by atoms with Crippen molar-refractivity contribution >= 4 is 23.7 Å².